The molecular weight excluding hydrogens is 257 g/mol. The molecule has 106 valence electrons. The van der Waals surface area contributed by atoms with Crippen molar-refractivity contribution in [2.75, 3.05) is 30.3 Å². The molecule has 0 saturated carbocycles. The smallest absolute Gasteiger partial charge is 0.398 e. The van der Waals surface area contributed by atoms with Gasteiger partial charge in [-0.05, 0) is 31.5 Å². The first-order chi connectivity index (χ1) is 8.88. The zero-order chi connectivity index (χ0) is 14.0. The monoisotopic (exact) mass is 274 g/mol. The number of nitrogen functional groups attached to an aromatic ring is 1. The predicted molar refractivity (Wildman–Crippen MR) is 68.1 cm³/mol. The van der Waals surface area contributed by atoms with Gasteiger partial charge in [-0.25, -0.2) is 0 Å². The van der Waals surface area contributed by atoms with Crippen molar-refractivity contribution in [2.45, 2.75) is 25.6 Å². The second kappa shape index (κ2) is 5.28. The van der Waals surface area contributed by atoms with Crippen molar-refractivity contribution in [3.8, 4) is 0 Å². The van der Waals surface area contributed by atoms with Gasteiger partial charge in [-0.15, -0.1) is 0 Å². The Hall–Kier alpha value is -1.43. The topological polar surface area (TPSA) is 38.5 Å². The molecular formula is C13H17F3N2O. The molecule has 1 saturated heterocycles. The van der Waals surface area contributed by atoms with E-state index in [-0.39, 0.29) is 11.8 Å². The van der Waals surface area contributed by atoms with Crippen LogP contribution in [-0.2, 0) is 10.9 Å². The molecule has 0 spiro atoms. The summed E-state index contributed by atoms with van der Waals surface area (Å²) in [6.07, 6.45) is -3.61. The van der Waals surface area contributed by atoms with Crippen LogP contribution < -0.4 is 10.6 Å². The van der Waals surface area contributed by atoms with Crippen molar-refractivity contribution >= 4 is 11.4 Å². The average Bonchev–Trinajstić information content (AvgIpc) is 2.53. The van der Waals surface area contributed by atoms with Crippen LogP contribution in [0.4, 0.5) is 24.5 Å². The summed E-state index contributed by atoms with van der Waals surface area (Å²) in [4.78, 5) is 1.91. The number of benzene rings is 1. The Balaban J connectivity index is 2.29. The third-order valence-electron chi connectivity index (χ3n) is 3.16. The molecule has 1 aromatic rings. The second-order valence-electron chi connectivity index (χ2n) is 4.75. The summed E-state index contributed by atoms with van der Waals surface area (Å²) in [6.45, 7) is 3.83. The molecule has 1 aliphatic rings. The second-order valence-corrected chi connectivity index (χ2v) is 4.75. The van der Waals surface area contributed by atoms with E-state index in [1.165, 1.54) is 6.07 Å². The Kier molecular flexibility index (Phi) is 3.89. The van der Waals surface area contributed by atoms with Gasteiger partial charge in [-0.2, -0.15) is 13.2 Å². The molecule has 1 heterocycles. The van der Waals surface area contributed by atoms with Crippen LogP contribution in [0.5, 0.6) is 0 Å². The van der Waals surface area contributed by atoms with Crippen molar-refractivity contribution in [2.24, 2.45) is 0 Å². The van der Waals surface area contributed by atoms with E-state index in [0.717, 1.165) is 12.5 Å². The van der Waals surface area contributed by atoms with Crippen molar-refractivity contribution in [3.05, 3.63) is 23.8 Å². The lowest BCUT2D eigenvalue weighted by Gasteiger charge is -2.25. The van der Waals surface area contributed by atoms with Crippen LogP contribution in [0.2, 0.25) is 0 Å². The van der Waals surface area contributed by atoms with Crippen molar-refractivity contribution in [1.82, 2.24) is 0 Å². The highest BCUT2D eigenvalue weighted by molar-refractivity contribution is 5.59. The first-order valence-electron chi connectivity index (χ1n) is 6.21. The predicted octanol–water partition coefficient (Wildman–Crippen LogP) is 2.90. The molecule has 0 bridgehead atoms. The summed E-state index contributed by atoms with van der Waals surface area (Å²) in [5.74, 6) is 0. The van der Waals surface area contributed by atoms with Gasteiger partial charge in [0, 0.05) is 31.1 Å². The summed E-state index contributed by atoms with van der Waals surface area (Å²) in [6, 6.07) is 4.06. The summed E-state index contributed by atoms with van der Waals surface area (Å²) < 4.78 is 44.0. The standard InChI is InChI=1S/C13H17F3N2O/c1-9-8-18(5-2-6-19-9)10-3-4-12(17)11(7-10)13(14,15)16/h3-4,7,9H,2,5-6,8,17H2,1H3. The Morgan fingerprint density at radius 2 is 2.11 bits per heavy atom. The normalized spacial score (nSPS) is 21.3. The van der Waals surface area contributed by atoms with Crippen LogP contribution in [0.3, 0.4) is 0 Å². The van der Waals surface area contributed by atoms with Crippen molar-refractivity contribution in [1.29, 1.82) is 0 Å². The number of ether oxygens (including phenoxy) is 1. The Morgan fingerprint density at radius 1 is 1.37 bits per heavy atom. The molecule has 1 unspecified atom stereocenters. The molecule has 19 heavy (non-hydrogen) atoms. The van der Waals surface area contributed by atoms with E-state index >= 15 is 0 Å². The van der Waals surface area contributed by atoms with E-state index in [9.17, 15) is 13.2 Å². The van der Waals surface area contributed by atoms with Gasteiger partial charge in [0.2, 0.25) is 0 Å². The summed E-state index contributed by atoms with van der Waals surface area (Å²) >= 11 is 0. The highest BCUT2D eigenvalue weighted by Crippen LogP contribution is 2.36. The number of alkyl halides is 3. The summed E-state index contributed by atoms with van der Waals surface area (Å²) in [7, 11) is 0. The molecule has 6 heteroatoms. The molecule has 0 amide bonds. The lowest BCUT2D eigenvalue weighted by atomic mass is 10.1. The van der Waals surface area contributed by atoms with E-state index in [1.54, 1.807) is 6.07 Å². The zero-order valence-electron chi connectivity index (χ0n) is 10.7. The minimum atomic E-state index is -4.42. The lowest BCUT2D eigenvalue weighted by molar-refractivity contribution is -0.136. The van der Waals surface area contributed by atoms with Crippen LogP contribution in [0.15, 0.2) is 18.2 Å². The van der Waals surface area contributed by atoms with Gasteiger partial charge < -0.3 is 15.4 Å². The molecule has 1 aromatic carbocycles. The molecule has 0 aromatic heterocycles. The quantitative estimate of drug-likeness (QED) is 0.800. The van der Waals surface area contributed by atoms with Gasteiger partial charge in [0.25, 0.3) is 0 Å². The largest absolute Gasteiger partial charge is 0.418 e. The number of hydrogen-bond donors (Lipinski definition) is 1. The maximum Gasteiger partial charge on any atom is 0.418 e. The van der Waals surface area contributed by atoms with Gasteiger partial charge in [0.15, 0.2) is 0 Å². The van der Waals surface area contributed by atoms with Crippen LogP contribution in [0, 0.1) is 0 Å². The molecule has 1 aliphatic heterocycles. The van der Waals surface area contributed by atoms with E-state index in [0.29, 0.717) is 25.4 Å². The first-order valence-corrected chi connectivity index (χ1v) is 6.21. The number of rotatable bonds is 1. The average molecular weight is 274 g/mol. The lowest BCUT2D eigenvalue weighted by Crippen LogP contribution is -2.30. The SMILES string of the molecule is CC1CN(c2ccc(N)c(C(F)(F)F)c2)CCCO1. The number of nitrogens with zero attached hydrogens (tertiary/aromatic N) is 1. The molecule has 2 rings (SSSR count). The number of halogens is 3. The fraction of sp³-hybridized carbons (Fsp3) is 0.538. The molecule has 1 atom stereocenters. The Bertz CT molecular complexity index is 448. The van der Waals surface area contributed by atoms with Gasteiger partial charge >= 0.3 is 6.18 Å². The van der Waals surface area contributed by atoms with E-state index in [1.807, 2.05) is 11.8 Å². The maximum absolute atomic E-state index is 12.8. The van der Waals surface area contributed by atoms with E-state index in [2.05, 4.69) is 0 Å². The third-order valence-corrected chi connectivity index (χ3v) is 3.16. The first kappa shape index (κ1) is 14.0. The Labute approximate surface area is 110 Å². The van der Waals surface area contributed by atoms with Crippen LogP contribution in [-0.4, -0.2) is 25.8 Å². The van der Waals surface area contributed by atoms with Crippen LogP contribution in [0.1, 0.15) is 18.9 Å². The summed E-state index contributed by atoms with van der Waals surface area (Å²) in [5.41, 5.74) is 4.93. The Morgan fingerprint density at radius 3 is 2.79 bits per heavy atom. The van der Waals surface area contributed by atoms with Gasteiger partial charge in [0.05, 0.1) is 11.7 Å². The van der Waals surface area contributed by atoms with Crippen molar-refractivity contribution in [3.63, 3.8) is 0 Å². The third kappa shape index (κ3) is 3.32. The fourth-order valence-electron chi connectivity index (χ4n) is 2.22. The van der Waals surface area contributed by atoms with Gasteiger partial charge in [-0.3, -0.25) is 0 Å². The molecule has 3 nitrogen and oxygen atoms in total. The zero-order valence-corrected chi connectivity index (χ0v) is 10.7. The van der Waals surface area contributed by atoms with Crippen LogP contribution in [0.25, 0.3) is 0 Å². The highest BCUT2D eigenvalue weighted by atomic mass is 19.4. The maximum atomic E-state index is 12.8. The summed E-state index contributed by atoms with van der Waals surface area (Å²) in [5, 5.41) is 0. The highest BCUT2D eigenvalue weighted by Gasteiger charge is 2.33. The van der Waals surface area contributed by atoms with Gasteiger partial charge in [-0.1, -0.05) is 0 Å². The minimum Gasteiger partial charge on any atom is -0.398 e. The van der Waals surface area contributed by atoms with Crippen molar-refractivity contribution < 1.29 is 17.9 Å². The van der Waals surface area contributed by atoms with E-state index < -0.39 is 11.7 Å². The van der Waals surface area contributed by atoms with E-state index in [4.69, 9.17) is 10.5 Å². The van der Waals surface area contributed by atoms with Gasteiger partial charge in [0.1, 0.15) is 0 Å². The molecule has 2 N–H and O–H groups in total. The number of hydrogen-bond acceptors (Lipinski definition) is 3. The minimum absolute atomic E-state index is 0.00869. The molecule has 1 fully saturated rings. The number of nitrogens with two attached hydrogens (primary N) is 1. The molecule has 0 radical (unpaired) electrons. The number of anilines is 2. The van der Waals surface area contributed by atoms with Crippen LogP contribution >= 0.6 is 0 Å². The fourth-order valence-corrected chi connectivity index (χ4v) is 2.22. The molecule has 0 aliphatic carbocycles.